The first-order chi connectivity index (χ1) is 8.06. The number of aromatic nitrogens is 1. The van der Waals surface area contributed by atoms with E-state index in [9.17, 15) is 0 Å². The lowest BCUT2D eigenvalue weighted by molar-refractivity contribution is 1.23. The van der Waals surface area contributed by atoms with Crippen molar-refractivity contribution in [3.63, 3.8) is 0 Å². The first kappa shape index (κ1) is 12.6. The molecule has 4 heteroatoms. The van der Waals surface area contributed by atoms with Gasteiger partial charge in [-0.05, 0) is 65.2 Å². The van der Waals surface area contributed by atoms with Crippen LogP contribution in [0, 0.1) is 13.8 Å². The summed E-state index contributed by atoms with van der Waals surface area (Å²) >= 11 is 6.87. The zero-order valence-corrected chi connectivity index (χ0v) is 12.8. The molecule has 0 spiro atoms. The summed E-state index contributed by atoms with van der Waals surface area (Å²) in [7, 11) is 0. The first-order valence-electron chi connectivity index (χ1n) is 5.21. The second kappa shape index (κ2) is 5.19. The average Bonchev–Trinajstić information content (AvgIpc) is 2.25. The molecule has 0 aliphatic heterocycles. The van der Waals surface area contributed by atoms with Gasteiger partial charge in [-0.1, -0.05) is 15.9 Å². The van der Waals surface area contributed by atoms with Crippen LogP contribution in [0.1, 0.15) is 11.1 Å². The number of anilines is 2. The van der Waals surface area contributed by atoms with Gasteiger partial charge in [0, 0.05) is 20.8 Å². The van der Waals surface area contributed by atoms with Gasteiger partial charge in [-0.2, -0.15) is 0 Å². The molecule has 0 aliphatic rings. The smallest absolute Gasteiger partial charge is 0.133 e. The van der Waals surface area contributed by atoms with Crippen LogP contribution in [-0.2, 0) is 0 Å². The molecule has 88 valence electrons. The number of nitrogens with one attached hydrogen (secondary N) is 1. The van der Waals surface area contributed by atoms with Crippen molar-refractivity contribution >= 4 is 43.4 Å². The molecule has 0 atom stereocenters. The molecule has 1 N–H and O–H groups in total. The minimum absolute atomic E-state index is 0.888. The lowest BCUT2D eigenvalue weighted by Gasteiger charge is -2.11. The van der Waals surface area contributed by atoms with Crippen molar-refractivity contribution in [1.29, 1.82) is 0 Å². The maximum Gasteiger partial charge on any atom is 0.133 e. The fourth-order valence-corrected chi connectivity index (χ4v) is 2.49. The van der Waals surface area contributed by atoms with Crippen molar-refractivity contribution < 1.29 is 0 Å². The van der Waals surface area contributed by atoms with E-state index in [1.807, 2.05) is 25.1 Å². The number of hydrogen-bond donors (Lipinski definition) is 1. The van der Waals surface area contributed by atoms with Crippen molar-refractivity contribution in [1.82, 2.24) is 4.98 Å². The van der Waals surface area contributed by atoms with Gasteiger partial charge in [0.25, 0.3) is 0 Å². The number of hydrogen-bond acceptors (Lipinski definition) is 2. The number of benzene rings is 1. The van der Waals surface area contributed by atoms with Gasteiger partial charge < -0.3 is 5.32 Å². The Balaban J connectivity index is 2.31. The number of nitrogens with zero attached hydrogens (tertiary/aromatic N) is 1. The number of pyridine rings is 1. The van der Waals surface area contributed by atoms with Crippen molar-refractivity contribution in [2.45, 2.75) is 13.8 Å². The molecule has 0 saturated heterocycles. The van der Waals surface area contributed by atoms with Gasteiger partial charge >= 0.3 is 0 Å². The van der Waals surface area contributed by atoms with Crippen LogP contribution in [0.5, 0.6) is 0 Å². The molecule has 0 amide bonds. The van der Waals surface area contributed by atoms with Gasteiger partial charge in [-0.15, -0.1) is 0 Å². The maximum atomic E-state index is 4.37. The van der Waals surface area contributed by atoms with Gasteiger partial charge in [0.1, 0.15) is 5.82 Å². The first-order valence-corrected chi connectivity index (χ1v) is 6.80. The molecule has 0 radical (unpaired) electrons. The number of aryl methyl sites for hydroxylation is 2. The highest BCUT2D eigenvalue weighted by molar-refractivity contribution is 9.10. The summed E-state index contributed by atoms with van der Waals surface area (Å²) in [6.07, 6.45) is 1.80. The quantitative estimate of drug-likeness (QED) is 0.822. The molecule has 0 saturated carbocycles. The van der Waals surface area contributed by atoms with E-state index >= 15 is 0 Å². The molecule has 1 heterocycles. The van der Waals surface area contributed by atoms with Gasteiger partial charge in [0.05, 0.1) is 0 Å². The Morgan fingerprint density at radius 1 is 1.00 bits per heavy atom. The molecule has 2 aromatic rings. The molecular formula is C13H12Br2N2. The Bertz CT molecular complexity index is 504. The topological polar surface area (TPSA) is 24.9 Å². The van der Waals surface area contributed by atoms with E-state index < -0.39 is 0 Å². The summed E-state index contributed by atoms with van der Waals surface area (Å²) in [6.45, 7) is 4.11. The van der Waals surface area contributed by atoms with Gasteiger partial charge in [-0.25, -0.2) is 4.98 Å². The minimum Gasteiger partial charge on any atom is -0.340 e. The Labute approximate surface area is 118 Å². The lowest BCUT2D eigenvalue weighted by atomic mass is 10.2. The van der Waals surface area contributed by atoms with Crippen LogP contribution >= 0.6 is 31.9 Å². The van der Waals surface area contributed by atoms with Crippen molar-refractivity contribution in [2.24, 2.45) is 0 Å². The summed E-state index contributed by atoms with van der Waals surface area (Å²) in [5.41, 5.74) is 3.37. The lowest BCUT2D eigenvalue weighted by Crippen LogP contribution is -1.98. The average molecular weight is 356 g/mol. The largest absolute Gasteiger partial charge is 0.340 e. The molecule has 2 rings (SSSR count). The normalized spacial score (nSPS) is 10.4. The van der Waals surface area contributed by atoms with Crippen molar-refractivity contribution in [3.05, 3.63) is 50.5 Å². The Morgan fingerprint density at radius 2 is 1.71 bits per heavy atom. The standard InChI is InChI=1S/C13H12Br2N2/c1-8-5-10(14)3-4-12(8)17-13-9(2)6-11(15)7-16-13/h3-7H,1-2H3,(H,16,17). The zero-order chi connectivity index (χ0) is 12.4. The molecule has 0 unspecified atom stereocenters. The van der Waals surface area contributed by atoms with E-state index in [-0.39, 0.29) is 0 Å². The minimum atomic E-state index is 0.888. The van der Waals surface area contributed by atoms with E-state index in [4.69, 9.17) is 0 Å². The fraction of sp³-hybridized carbons (Fsp3) is 0.154. The van der Waals surface area contributed by atoms with E-state index in [0.29, 0.717) is 0 Å². The summed E-state index contributed by atoms with van der Waals surface area (Å²) in [5, 5.41) is 3.34. The predicted molar refractivity (Wildman–Crippen MR) is 78.8 cm³/mol. The summed E-state index contributed by atoms with van der Waals surface area (Å²) in [4.78, 5) is 4.37. The van der Waals surface area contributed by atoms with Gasteiger partial charge in [0.2, 0.25) is 0 Å². The van der Waals surface area contributed by atoms with E-state index in [1.165, 1.54) is 5.56 Å². The molecule has 1 aromatic heterocycles. The highest BCUT2D eigenvalue weighted by Crippen LogP contribution is 2.25. The van der Waals surface area contributed by atoms with E-state index in [2.05, 4.69) is 55.2 Å². The highest BCUT2D eigenvalue weighted by Gasteiger charge is 2.03. The monoisotopic (exact) mass is 354 g/mol. The van der Waals surface area contributed by atoms with Crippen LogP contribution in [0.2, 0.25) is 0 Å². The van der Waals surface area contributed by atoms with Crippen LogP contribution in [-0.4, -0.2) is 4.98 Å². The van der Waals surface area contributed by atoms with Crippen molar-refractivity contribution in [2.75, 3.05) is 5.32 Å². The third-order valence-electron chi connectivity index (χ3n) is 2.49. The molecule has 2 nitrogen and oxygen atoms in total. The van der Waals surface area contributed by atoms with Crippen LogP contribution < -0.4 is 5.32 Å². The predicted octanol–water partition coefficient (Wildman–Crippen LogP) is 4.97. The third kappa shape index (κ3) is 3.07. The van der Waals surface area contributed by atoms with Crippen LogP contribution in [0.15, 0.2) is 39.4 Å². The van der Waals surface area contributed by atoms with Crippen LogP contribution in [0.3, 0.4) is 0 Å². The molecule has 0 fully saturated rings. The number of halogens is 2. The molecule has 17 heavy (non-hydrogen) atoms. The second-order valence-corrected chi connectivity index (χ2v) is 5.73. The molecular weight excluding hydrogens is 344 g/mol. The summed E-state index contributed by atoms with van der Waals surface area (Å²) in [6, 6.07) is 8.19. The highest BCUT2D eigenvalue weighted by atomic mass is 79.9. The van der Waals surface area contributed by atoms with Crippen molar-refractivity contribution in [3.8, 4) is 0 Å². The van der Waals surface area contributed by atoms with E-state index in [1.54, 1.807) is 6.20 Å². The second-order valence-electron chi connectivity index (χ2n) is 3.90. The number of rotatable bonds is 2. The summed E-state index contributed by atoms with van der Waals surface area (Å²) in [5.74, 6) is 0.888. The zero-order valence-electron chi connectivity index (χ0n) is 9.59. The Morgan fingerprint density at radius 3 is 2.35 bits per heavy atom. The Kier molecular flexibility index (Phi) is 3.84. The molecule has 0 bridgehead atoms. The van der Waals surface area contributed by atoms with Gasteiger partial charge in [-0.3, -0.25) is 0 Å². The van der Waals surface area contributed by atoms with Crippen LogP contribution in [0.4, 0.5) is 11.5 Å². The SMILES string of the molecule is Cc1cc(Br)ccc1Nc1ncc(Br)cc1C. The Hall–Kier alpha value is -0.870. The maximum absolute atomic E-state index is 4.37. The summed E-state index contributed by atoms with van der Waals surface area (Å²) < 4.78 is 2.08. The van der Waals surface area contributed by atoms with Gasteiger partial charge in [0.15, 0.2) is 0 Å². The fourth-order valence-electron chi connectivity index (χ4n) is 1.57. The van der Waals surface area contributed by atoms with Crippen LogP contribution in [0.25, 0.3) is 0 Å². The van der Waals surface area contributed by atoms with E-state index in [0.717, 1.165) is 26.0 Å². The third-order valence-corrected chi connectivity index (χ3v) is 3.41. The molecule has 1 aromatic carbocycles. The molecule has 0 aliphatic carbocycles.